The topological polar surface area (TPSA) is 73.9 Å². The molecule has 0 saturated heterocycles. The van der Waals surface area contributed by atoms with Gasteiger partial charge >= 0.3 is 0 Å². The van der Waals surface area contributed by atoms with Gasteiger partial charge in [0.1, 0.15) is 0 Å². The van der Waals surface area contributed by atoms with Gasteiger partial charge in [0.25, 0.3) is 5.91 Å². The van der Waals surface area contributed by atoms with Crippen molar-refractivity contribution >= 4 is 17.3 Å². The summed E-state index contributed by atoms with van der Waals surface area (Å²) in [6.07, 6.45) is 1.39. The quantitative estimate of drug-likeness (QED) is 0.879. The fourth-order valence-corrected chi connectivity index (χ4v) is 1.61. The molecule has 6 nitrogen and oxygen atoms in total. The van der Waals surface area contributed by atoms with Crippen molar-refractivity contribution in [1.29, 1.82) is 0 Å². The van der Waals surface area contributed by atoms with Gasteiger partial charge in [-0.05, 0) is 32.0 Å². The fraction of sp³-hybridized carbons (Fsp3) is 0.308. The average molecular weight is 259 g/mol. The van der Waals surface area contributed by atoms with E-state index in [1.54, 1.807) is 0 Å². The van der Waals surface area contributed by atoms with Gasteiger partial charge in [0.15, 0.2) is 5.69 Å². The molecule has 0 aliphatic rings. The van der Waals surface area contributed by atoms with Gasteiger partial charge in [-0.25, -0.2) is 0 Å². The molecule has 0 saturated carbocycles. The van der Waals surface area contributed by atoms with Crippen LogP contribution in [0.2, 0.25) is 0 Å². The number of aromatic amines is 1. The van der Waals surface area contributed by atoms with Crippen molar-refractivity contribution in [3.05, 3.63) is 36.2 Å². The van der Waals surface area contributed by atoms with Crippen molar-refractivity contribution < 1.29 is 4.79 Å². The standard InChI is InChI=1S/C13H17N5O/c1-9(2)18(3)11-6-4-5-10(7-11)15-13(19)12-8-14-17-16-12/h4-9H,1-3H3,(H,15,19)(H,14,16,17). The molecular weight excluding hydrogens is 242 g/mol. The summed E-state index contributed by atoms with van der Waals surface area (Å²) < 4.78 is 0. The van der Waals surface area contributed by atoms with Crippen molar-refractivity contribution in [2.24, 2.45) is 0 Å². The second-order valence-electron chi connectivity index (χ2n) is 4.56. The van der Waals surface area contributed by atoms with Crippen molar-refractivity contribution in [2.45, 2.75) is 19.9 Å². The molecular formula is C13H17N5O. The number of carbonyl (C=O) groups is 1. The van der Waals surface area contributed by atoms with Crippen molar-refractivity contribution in [3.63, 3.8) is 0 Å². The molecule has 1 amide bonds. The number of anilines is 2. The third-order valence-electron chi connectivity index (χ3n) is 2.93. The van der Waals surface area contributed by atoms with E-state index in [9.17, 15) is 4.79 Å². The summed E-state index contributed by atoms with van der Waals surface area (Å²) in [4.78, 5) is 14.0. The van der Waals surface area contributed by atoms with Crippen LogP contribution in [0.3, 0.4) is 0 Å². The van der Waals surface area contributed by atoms with Gasteiger partial charge in [-0.3, -0.25) is 4.79 Å². The first-order chi connectivity index (χ1) is 9.08. The lowest BCUT2D eigenvalue weighted by Gasteiger charge is -2.24. The largest absolute Gasteiger partial charge is 0.372 e. The van der Waals surface area contributed by atoms with Gasteiger partial charge in [0.05, 0.1) is 6.20 Å². The van der Waals surface area contributed by atoms with Gasteiger partial charge in [-0.15, -0.1) is 0 Å². The van der Waals surface area contributed by atoms with Gasteiger partial charge in [0, 0.05) is 24.5 Å². The van der Waals surface area contributed by atoms with Crippen LogP contribution in [0, 0.1) is 0 Å². The second-order valence-corrected chi connectivity index (χ2v) is 4.56. The zero-order valence-corrected chi connectivity index (χ0v) is 11.2. The van der Waals surface area contributed by atoms with Crippen LogP contribution in [-0.4, -0.2) is 34.4 Å². The molecule has 1 aromatic carbocycles. The molecule has 0 atom stereocenters. The monoisotopic (exact) mass is 259 g/mol. The summed E-state index contributed by atoms with van der Waals surface area (Å²) in [5, 5.41) is 12.6. The Morgan fingerprint density at radius 3 is 2.84 bits per heavy atom. The number of H-pyrrole nitrogens is 1. The molecule has 0 aliphatic carbocycles. The first-order valence-corrected chi connectivity index (χ1v) is 6.08. The van der Waals surface area contributed by atoms with E-state index in [0.29, 0.717) is 6.04 Å². The Balaban J connectivity index is 2.13. The molecule has 19 heavy (non-hydrogen) atoms. The third-order valence-corrected chi connectivity index (χ3v) is 2.93. The van der Waals surface area contributed by atoms with Crippen LogP contribution < -0.4 is 10.2 Å². The van der Waals surface area contributed by atoms with E-state index in [2.05, 4.69) is 39.5 Å². The van der Waals surface area contributed by atoms with Gasteiger partial charge in [-0.2, -0.15) is 15.4 Å². The lowest BCUT2D eigenvalue weighted by atomic mass is 10.2. The Morgan fingerprint density at radius 2 is 2.21 bits per heavy atom. The highest BCUT2D eigenvalue weighted by Gasteiger charge is 2.10. The molecule has 0 bridgehead atoms. The van der Waals surface area contributed by atoms with E-state index < -0.39 is 0 Å². The van der Waals surface area contributed by atoms with Crippen LogP contribution in [0.4, 0.5) is 11.4 Å². The molecule has 0 fully saturated rings. The molecule has 0 unspecified atom stereocenters. The molecule has 1 aromatic heterocycles. The number of benzene rings is 1. The van der Waals surface area contributed by atoms with Gasteiger partial charge < -0.3 is 10.2 Å². The maximum atomic E-state index is 11.8. The van der Waals surface area contributed by atoms with Crippen molar-refractivity contribution in [2.75, 3.05) is 17.3 Å². The van der Waals surface area contributed by atoms with E-state index in [-0.39, 0.29) is 11.6 Å². The van der Waals surface area contributed by atoms with Crippen LogP contribution >= 0.6 is 0 Å². The minimum absolute atomic E-state index is 0.266. The molecule has 2 aromatic rings. The number of rotatable bonds is 4. The highest BCUT2D eigenvalue weighted by atomic mass is 16.2. The Labute approximate surface area is 111 Å². The average Bonchev–Trinajstić information content (AvgIpc) is 2.92. The maximum Gasteiger partial charge on any atom is 0.277 e. The lowest BCUT2D eigenvalue weighted by Crippen LogP contribution is -2.25. The van der Waals surface area contributed by atoms with E-state index in [4.69, 9.17) is 0 Å². The number of carbonyl (C=O) groups excluding carboxylic acids is 1. The summed E-state index contributed by atoms with van der Waals surface area (Å²) in [6, 6.07) is 8.08. The SMILES string of the molecule is CC(C)N(C)c1cccc(NC(=O)c2cn[nH]n2)c1. The molecule has 0 radical (unpaired) electrons. The van der Waals surface area contributed by atoms with Gasteiger partial charge in [0.2, 0.25) is 0 Å². The number of nitrogens with zero attached hydrogens (tertiary/aromatic N) is 3. The molecule has 2 rings (SSSR count). The Bertz CT molecular complexity index is 550. The van der Waals surface area contributed by atoms with Crippen LogP contribution in [0.5, 0.6) is 0 Å². The maximum absolute atomic E-state index is 11.8. The summed E-state index contributed by atoms with van der Waals surface area (Å²) in [5.74, 6) is -0.280. The predicted molar refractivity (Wildman–Crippen MR) is 74.3 cm³/mol. The number of nitrogens with one attached hydrogen (secondary N) is 2. The van der Waals surface area contributed by atoms with Crippen LogP contribution in [0.25, 0.3) is 0 Å². The van der Waals surface area contributed by atoms with Gasteiger partial charge in [-0.1, -0.05) is 6.07 Å². The molecule has 1 heterocycles. The highest BCUT2D eigenvalue weighted by Crippen LogP contribution is 2.20. The lowest BCUT2D eigenvalue weighted by molar-refractivity contribution is 0.102. The zero-order valence-electron chi connectivity index (χ0n) is 11.2. The Morgan fingerprint density at radius 1 is 1.42 bits per heavy atom. The molecule has 2 N–H and O–H groups in total. The molecule has 0 aliphatic heterocycles. The normalized spacial score (nSPS) is 10.5. The Hall–Kier alpha value is -2.37. The molecule has 0 spiro atoms. The number of aromatic nitrogens is 3. The van der Waals surface area contributed by atoms with Crippen LogP contribution in [0.1, 0.15) is 24.3 Å². The first-order valence-electron chi connectivity index (χ1n) is 6.08. The number of hydrogen-bond donors (Lipinski definition) is 2. The molecule has 100 valence electrons. The van der Waals surface area contributed by atoms with E-state index >= 15 is 0 Å². The zero-order chi connectivity index (χ0) is 13.8. The third kappa shape index (κ3) is 3.09. The number of hydrogen-bond acceptors (Lipinski definition) is 4. The first kappa shape index (κ1) is 13.1. The summed E-state index contributed by atoms with van der Waals surface area (Å²) in [6.45, 7) is 4.22. The van der Waals surface area contributed by atoms with Crippen molar-refractivity contribution in [3.8, 4) is 0 Å². The minimum Gasteiger partial charge on any atom is -0.372 e. The second kappa shape index (κ2) is 5.51. The summed E-state index contributed by atoms with van der Waals surface area (Å²) in [5.41, 5.74) is 2.05. The van der Waals surface area contributed by atoms with E-state index in [1.165, 1.54) is 6.20 Å². The summed E-state index contributed by atoms with van der Waals surface area (Å²) >= 11 is 0. The van der Waals surface area contributed by atoms with E-state index in [1.807, 2.05) is 31.3 Å². The van der Waals surface area contributed by atoms with Crippen LogP contribution in [-0.2, 0) is 0 Å². The fourth-order valence-electron chi connectivity index (χ4n) is 1.61. The van der Waals surface area contributed by atoms with Crippen molar-refractivity contribution in [1.82, 2.24) is 15.4 Å². The Kier molecular flexibility index (Phi) is 3.79. The number of amides is 1. The van der Waals surface area contributed by atoms with Crippen LogP contribution in [0.15, 0.2) is 30.5 Å². The smallest absolute Gasteiger partial charge is 0.277 e. The van der Waals surface area contributed by atoms with E-state index in [0.717, 1.165) is 11.4 Å². The minimum atomic E-state index is -0.280. The predicted octanol–water partition coefficient (Wildman–Crippen LogP) is 1.90. The molecule has 6 heteroatoms. The summed E-state index contributed by atoms with van der Waals surface area (Å²) in [7, 11) is 2.02. The highest BCUT2D eigenvalue weighted by molar-refractivity contribution is 6.02.